The molecule has 3 aromatic heterocycles. The van der Waals surface area contributed by atoms with Gasteiger partial charge in [-0.1, -0.05) is 6.07 Å². The number of amides is 2. The number of thiazole rings is 1. The highest BCUT2D eigenvalue weighted by Gasteiger charge is 2.35. The Labute approximate surface area is 216 Å². The van der Waals surface area contributed by atoms with Crippen molar-refractivity contribution in [1.82, 2.24) is 29.7 Å². The molecular weight excluding hydrogens is 493 g/mol. The average molecular weight is 518 g/mol. The van der Waals surface area contributed by atoms with Gasteiger partial charge in [-0.05, 0) is 44.0 Å². The highest BCUT2D eigenvalue weighted by molar-refractivity contribution is 7.18. The van der Waals surface area contributed by atoms with Crippen LogP contribution in [0.3, 0.4) is 0 Å². The fraction of sp³-hybridized carbons (Fsp3) is 0.308. The molecule has 11 heteroatoms. The Bertz CT molecular complexity index is 1490. The molecule has 9 nitrogen and oxygen atoms in total. The van der Waals surface area contributed by atoms with E-state index >= 15 is 0 Å². The number of rotatable bonds is 5. The number of hydrogen-bond donors (Lipinski definition) is 1. The summed E-state index contributed by atoms with van der Waals surface area (Å²) in [5, 5.41) is 3.93. The van der Waals surface area contributed by atoms with E-state index in [9.17, 15) is 14.0 Å². The van der Waals surface area contributed by atoms with Crippen LogP contribution in [0.2, 0.25) is 0 Å². The standard InChI is InChI=1S/C26H24FN7O2S/c1-15-30-20-6-4-17(12-21(20)37-15)23-19(27)14-29-26(32-23)31-22-7-5-18(13-28-22)25(36)34-10-8-33(9-11-34)24(35)16-2-3-16/h4-7,12-14,16H,2-3,8-11H2,1H3,(H,28,29,31,32). The van der Waals surface area contributed by atoms with Crippen LogP contribution in [-0.2, 0) is 4.79 Å². The van der Waals surface area contributed by atoms with Crippen LogP contribution in [0.4, 0.5) is 16.2 Å². The zero-order valence-corrected chi connectivity index (χ0v) is 21.0. The van der Waals surface area contributed by atoms with Gasteiger partial charge in [-0.25, -0.2) is 24.3 Å². The second kappa shape index (κ2) is 9.47. The molecule has 1 saturated carbocycles. The van der Waals surface area contributed by atoms with E-state index in [-0.39, 0.29) is 29.4 Å². The minimum absolute atomic E-state index is 0.119. The molecule has 2 fully saturated rings. The van der Waals surface area contributed by atoms with Crippen LogP contribution in [0.25, 0.3) is 21.5 Å². The third kappa shape index (κ3) is 4.86. The number of benzene rings is 1. The van der Waals surface area contributed by atoms with Crippen molar-refractivity contribution < 1.29 is 14.0 Å². The lowest BCUT2D eigenvalue weighted by Crippen LogP contribution is -2.51. The monoisotopic (exact) mass is 517 g/mol. The quantitative estimate of drug-likeness (QED) is 0.426. The molecule has 2 amide bonds. The third-order valence-corrected chi connectivity index (χ3v) is 7.50. The molecule has 0 unspecified atom stereocenters. The zero-order valence-electron chi connectivity index (χ0n) is 20.1. The van der Waals surface area contributed by atoms with Crippen molar-refractivity contribution >= 4 is 45.1 Å². The topological polar surface area (TPSA) is 104 Å². The van der Waals surface area contributed by atoms with Crippen molar-refractivity contribution in [3.8, 4) is 11.3 Å². The van der Waals surface area contributed by atoms with E-state index in [2.05, 4.69) is 25.3 Å². The summed E-state index contributed by atoms with van der Waals surface area (Å²) in [6.07, 6.45) is 4.59. The zero-order chi connectivity index (χ0) is 25.5. The van der Waals surface area contributed by atoms with E-state index in [4.69, 9.17) is 0 Å². The van der Waals surface area contributed by atoms with E-state index in [0.29, 0.717) is 43.1 Å². The fourth-order valence-electron chi connectivity index (χ4n) is 4.43. The number of aromatic nitrogens is 4. The molecule has 0 bridgehead atoms. The molecule has 0 atom stereocenters. The molecule has 2 aliphatic rings. The van der Waals surface area contributed by atoms with E-state index in [1.54, 1.807) is 34.4 Å². The largest absolute Gasteiger partial charge is 0.339 e. The molecule has 37 heavy (non-hydrogen) atoms. The average Bonchev–Trinajstić information content (AvgIpc) is 3.70. The van der Waals surface area contributed by atoms with Crippen molar-refractivity contribution in [2.45, 2.75) is 19.8 Å². The van der Waals surface area contributed by atoms with Crippen LogP contribution in [0.1, 0.15) is 28.2 Å². The van der Waals surface area contributed by atoms with Crippen LogP contribution in [0.15, 0.2) is 42.7 Å². The van der Waals surface area contributed by atoms with E-state index in [1.165, 1.54) is 6.20 Å². The number of piperazine rings is 1. The Hall–Kier alpha value is -3.99. The first kappa shape index (κ1) is 23.4. The Kier molecular flexibility index (Phi) is 5.99. The molecule has 4 aromatic rings. The van der Waals surface area contributed by atoms with Gasteiger partial charge >= 0.3 is 0 Å². The SMILES string of the molecule is Cc1nc2ccc(-c3nc(Nc4ccc(C(=O)N5CCN(C(=O)C6CC6)CC5)cn4)ncc3F)cc2s1. The Morgan fingerprint density at radius 3 is 2.51 bits per heavy atom. The minimum atomic E-state index is -0.529. The molecule has 1 aliphatic carbocycles. The molecule has 0 radical (unpaired) electrons. The van der Waals surface area contributed by atoms with E-state index < -0.39 is 5.82 Å². The second-order valence-electron chi connectivity index (χ2n) is 9.25. The maximum atomic E-state index is 14.6. The van der Waals surface area contributed by atoms with Crippen molar-refractivity contribution in [3.05, 3.63) is 59.1 Å². The molecule has 0 spiro atoms. The van der Waals surface area contributed by atoms with Gasteiger partial charge < -0.3 is 15.1 Å². The first-order valence-electron chi connectivity index (χ1n) is 12.2. The lowest BCUT2D eigenvalue weighted by molar-refractivity contribution is -0.134. The maximum absolute atomic E-state index is 14.6. The lowest BCUT2D eigenvalue weighted by atomic mass is 10.1. The normalized spacial score (nSPS) is 15.7. The number of halogens is 1. The molecule has 4 heterocycles. The number of carbonyl (C=O) groups is 2. The van der Waals surface area contributed by atoms with Crippen LogP contribution in [0.5, 0.6) is 0 Å². The third-order valence-electron chi connectivity index (χ3n) is 6.57. The van der Waals surface area contributed by atoms with Gasteiger partial charge in [0.1, 0.15) is 11.5 Å². The van der Waals surface area contributed by atoms with Gasteiger partial charge in [0.2, 0.25) is 11.9 Å². The summed E-state index contributed by atoms with van der Waals surface area (Å²) < 4.78 is 15.5. The van der Waals surface area contributed by atoms with Crippen LogP contribution in [0, 0.1) is 18.7 Å². The highest BCUT2D eigenvalue weighted by Crippen LogP contribution is 2.31. The van der Waals surface area contributed by atoms with Gasteiger partial charge in [-0.3, -0.25) is 9.59 Å². The van der Waals surface area contributed by atoms with Crippen molar-refractivity contribution in [2.75, 3.05) is 31.5 Å². The summed E-state index contributed by atoms with van der Waals surface area (Å²) in [5.74, 6) is 0.390. The molecule has 1 saturated heterocycles. The van der Waals surface area contributed by atoms with Crippen LogP contribution < -0.4 is 5.32 Å². The van der Waals surface area contributed by atoms with Crippen molar-refractivity contribution in [3.63, 3.8) is 0 Å². The molecule has 1 aromatic carbocycles. The van der Waals surface area contributed by atoms with Crippen LogP contribution in [-0.4, -0.2) is 67.7 Å². The van der Waals surface area contributed by atoms with Crippen molar-refractivity contribution in [1.29, 1.82) is 0 Å². The Balaban J connectivity index is 1.12. The Morgan fingerprint density at radius 2 is 1.78 bits per heavy atom. The summed E-state index contributed by atoms with van der Waals surface area (Å²) in [7, 11) is 0. The van der Waals surface area contributed by atoms with Gasteiger partial charge in [0, 0.05) is 43.9 Å². The first-order chi connectivity index (χ1) is 17.9. The predicted molar refractivity (Wildman–Crippen MR) is 138 cm³/mol. The minimum Gasteiger partial charge on any atom is -0.339 e. The maximum Gasteiger partial charge on any atom is 0.255 e. The van der Waals surface area contributed by atoms with Gasteiger partial charge in [0.05, 0.1) is 27.0 Å². The predicted octanol–water partition coefficient (Wildman–Crippen LogP) is 4.03. The van der Waals surface area contributed by atoms with E-state index in [1.807, 2.05) is 24.0 Å². The number of fused-ring (bicyclic) bond motifs is 1. The number of hydrogen-bond acceptors (Lipinski definition) is 8. The highest BCUT2D eigenvalue weighted by atomic mass is 32.1. The van der Waals surface area contributed by atoms with Crippen LogP contribution >= 0.6 is 11.3 Å². The molecule has 1 aliphatic heterocycles. The number of pyridine rings is 1. The van der Waals surface area contributed by atoms with Gasteiger partial charge in [-0.15, -0.1) is 11.3 Å². The lowest BCUT2D eigenvalue weighted by Gasteiger charge is -2.34. The first-order valence-corrected chi connectivity index (χ1v) is 13.0. The smallest absolute Gasteiger partial charge is 0.255 e. The summed E-state index contributed by atoms with van der Waals surface area (Å²) in [4.78, 5) is 45.9. The van der Waals surface area contributed by atoms with Gasteiger partial charge in [0.25, 0.3) is 5.91 Å². The van der Waals surface area contributed by atoms with Crippen molar-refractivity contribution in [2.24, 2.45) is 5.92 Å². The molecule has 6 rings (SSSR count). The summed E-state index contributed by atoms with van der Waals surface area (Å²) >= 11 is 1.54. The van der Waals surface area contributed by atoms with Gasteiger partial charge in [-0.2, -0.15) is 0 Å². The molecule has 188 valence electrons. The fourth-order valence-corrected chi connectivity index (χ4v) is 5.29. The summed E-state index contributed by atoms with van der Waals surface area (Å²) in [6.45, 7) is 4.08. The molecular formula is C26H24FN7O2S. The second-order valence-corrected chi connectivity index (χ2v) is 10.5. The number of nitrogens with zero attached hydrogens (tertiary/aromatic N) is 6. The Morgan fingerprint density at radius 1 is 1.00 bits per heavy atom. The van der Waals surface area contributed by atoms with Gasteiger partial charge in [0.15, 0.2) is 5.82 Å². The number of aryl methyl sites for hydroxylation is 1. The number of carbonyl (C=O) groups excluding carboxylic acids is 2. The number of anilines is 2. The van der Waals surface area contributed by atoms with E-state index in [0.717, 1.165) is 34.3 Å². The molecule has 1 N–H and O–H groups in total. The summed E-state index contributed by atoms with van der Waals surface area (Å²) in [5.41, 5.74) is 2.14. The summed E-state index contributed by atoms with van der Waals surface area (Å²) in [6, 6.07) is 8.86. The number of nitrogens with one attached hydrogen (secondary N) is 1.